The Hall–Kier alpha value is -2.72. The highest BCUT2D eigenvalue weighted by atomic mass is 79.9. The van der Waals surface area contributed by atoms with E-state index >= 15 is 0 Å². The van der Waals surface area contributed by atoms with Crippen LogP contribution in [0.5, 0.6) is 0 Å². The predicted molar refractivity (Wildman–Crippen MR) is 106 cm³/mol. The van der Waals surface area contributed by atoms with Gasteiger partial charge in [-0.1, -0.05) is 72.3 Å². The molecule has 0 saturated heterocycles. The summed E-state index contributed by atoms with van der Waals surface area (Å²) in [7, 11) is 0. The number of nitrogens with one attached hydrogen (secondary N) is 1. The van der Waals surface area contributed by atoms with Crippen LogP contribution in [0.25, 0.3) is 0 Å². The van der Waals surface area contributed by atoms with Gasteiger partial charge in [0.1, 0.15) is 6.04 Å². The van der Waals surface area contributed by atoms with Gasteiger partial charge in [0.25, 0.3) is 5.91 Å². The van der Waals surface area contributed by atoms with Crippen molar-refractivity contribution in [2.24, 2.45) is 0 Å². The molecule has 0 saturated carbocycles. The van der Waals surface area contributed by atoms with Crippen LogP contribution in [0.1, 0.15) is 37.9 Å². The smallest absolute Gasteiger partial charge is 0.253 e. The average molecular weight is 408 g/mol. The van der Waals surface area contributed by atoms with Crippen LogP contribution in [0, 0.1) is 6.92 Å². The minimum absolute atomic E-state index is 0.142. The van der Waals surface area contributed by atoms with E-state index in [-0.39, 0.29) is 11.7 Å². The first-order valence-corrected chi connectivity index (χ1v) is 9.07. The van der Waals surface area contributed by atoms with Crippen LogP contribution in [0.4, 0.5) is 0 Å². The molecule has 0 aromatic heterocycles. The summed E-state index contributed by atoms with van der Waals surface area (Å²) in [6.45, 7) is 1.97. The molecule has 1 N–H and O–H groups in total. The molecule has 3 aromatic rings. The molecule has 0 unspecified atom stereocenters. The van der Waals surface area contributed by atoms with Crippen LogP contribution in [0.2, 0.25) is 0 Å². The Balaban J connectivity index is 1.94. The van der Waals surface area contributed by atoms with Crippen molar-refractivity contribution < 1.29 is 9.59 Å². The molecule has 1 amide bonds. The van der Waals surface area contributed by atoms with Crippen LogP contribution in [0.15, 0.2) is 83.3 Å². The minimum atomic E-state index is -0.751. The lowest BCUT2D eigenvalue weighted by Crippen LogP contribution is -2.34. The molecule has 0 fully saturated rings. The first kappa shape index (κ1) is 18.1. The fourth-order valence-corrected chi connectivity index (χ4v) is 3.15. The summed E-state index contributed by atoms with van der Waals surface area (Å²) < 4.78 is 0.687. The lowest BCUT2D eigenvalue weighted by molar-refractivity contribution is 0.0856. The van der Waals surface area contributed by atoms with Crippen molar-refractivity contribution in [2.45, 2.75) is 13.0 Å². The average Bonchev–Trinajstić information content (AvgIpc) is 2.67. The molecule has 0 spiro atoms. The number of rotatable bonds is 5. The van der Waals surface area contributed by atoms with E-state index in [0.29, 0.717) is 15.6 Å². The highest BCUT2D eigenvalue weighted by molar-refractivity contribution is 9.10. The van der Waals surface area contributed by atoms with Crippen molar-refractivity contribution in [3.05, 3.63) is 106 Å². The molecule has 4 heteroatoms. The minimum Gasteiger partial charge on any atom is -0.338 e. The Morgan fingerprint density at radius 2 is 1.46 bits per heavy atom. The molecule has 26 heavy (non-hydrogen) atoms. The number of aryl methyl sites for hydroxylation is 1. The zero-order valence-corrected chi connectivity index (χ0v) is 15.9. The first-order chi connectivity index (χ1) is 12.6. The Morgan fingerprint density at radius 1 is 0.846 bits per heavy atom. The maximum Gasteiger partial charge on any atom is 0.253 e. The van der Waals surface area contributed by atoms with E-state index in [1.807, 2.05) is 55.5 Å². The lowest BCUT2D eigenvalue weighted by atomic mass is 9.96. The van der Waals surface area contributed by atoms with Crippen molar-refractivity contribution in [2.75, 3.05) is 0 Å². The number of hydrogen-bond acceptors (Lipinski definition) is 2. The zero-order chi connectivity index (χ0) is 18.5. The summed E-state index contributed by atoms with van der Waals surface area (Å²) >= 11 is 3.39. The Kier molecular flexibility index (Phi) is 5.64. The standard InChI is InChI=1S/C22H18BrNO2/c1-15-11-13-17(14-12-15)21(25)20(16-7-3-2-4-8-16)24-22(26)18-9-5-6-10-19(18)23/h2-14,20H,1H3,(H,24,26)/t20-/m0/s1. The van der Waals surface area contributed by atoms with Gasteiger partial charge in [0, 0.05) is 10.0 Å². The molecule has 0 heterocycles. The number of carbonyl (C=O) groups excluding carboxylic acids is 2. The normalized spacial score (nSPS) is 11.6. The summed E-state index contributed by atoms with van der Waals surface area (Å²) in [5, 5.41) is 2.88. The highest BCUT2D eigenvalue weighted by Crippen LogP contribution is 2.22. The quantitative estimate of drug-likeness (QED) is 0.597. The summed E-state index contributed by atoms with van der Waals surface area (Å²) in [5.41, 5.74) is 2.88. The van der Waals surface area contributed by atoms with Crippen molar-refractivity contribution in [3.63, 3.8) is 0 Å². The Labute approximate surface area is 161 Å². The highest BCUT2D eigenvalue weighted by Gasteiger charge is 2.25. The van der Waals surface area contributed by atoms with Crippen LogP contribution in [-0.2, 0) is 0 Å². The molecule has 0 bridgehead atoms. The summed E-state index contributed by atoms with van der Waals surface area (Å²) in [6.07, 6.45) is 0. The van der Waals surface area contributed by atoms with Crippen LogP contribution in [0.3, 0.4) is 0 Å². The molecule has 0 aliphatic rings. The topological polar surface area (TPSA) is 46.2 Å². The Bertz CT molecular complexity index is 920. The molecule has 0 aliphatic heterocycles. The van der Waals surface area contributed by atoms with Gasteiger partial charge in [-0.3, -0.25) is 9.59 Å². The largest absolute Gasteiger partial charge is 0.338 e. The number of halogens is 1. The van der Waals surface area contributed by atoms with Gasteiger partial charge < -0.3 is 5.32 Å². The fourth-order valence-electron chi connectivity index (χ4n) is 2.68. The number of amides is 1. The lowest BCUT2D eigenvalue weighted by Gasteiger charge is -2.19. The molecule has 0 aliphatic carbocycles. The molecule has 3 aromatic carbocycles. The van der Waals surface area contributed by atoms with Crippen molar-refractivity contribution in [1.29, 1.82) is 0 Å². The van der Waals surface area contributed by atoms with Crippen LogP contribution >= 0.6 is 15.9 Å². The monoisotopic (exact) mass is 407 g/mol. The summed E-state index contributed by atoms with van der Waals surface area (Å²) in [6, 6.07) is 23.0. The van der Waals surface area contributed by atoms with Gasteiger partial charge in [0.15, 0.2) is 5.78 Å². The number of hydrogen-bond donors (Lipinski definition) is 1. The first-order valence-electron chi connectivity index (χ1n) is 8.27. The van der Waals surface area contributed by atoms with Crippen molar-refractivity contribution in [1.82, 2.24) is 5.32 Å². The van der Waals surface area contributed by atoms with Crippen molar-refractivity contribution in [3.8, 4) is 0 Å². The van der Waals surface area contributed by atoms with Gasteiger partial charge in [0.2, 0.25) is 0 Å². The van der Waals surface area contributed by atoms with Gasteiger partial charge >= 0.3 is 0 Å². The fraction of sp³-hybridized carbons (Fsp3) is 0.0909. The Morgan fingerprint density at radius 3 is 2.12 bits per heavy atom. The van der Waals surface area contributed by atoms with Crippen molar-refractivity contribution >= 4 is 27.6 Å². The third kappa shape index (κ3) is 4.09. The second kappa shape index (κ2) is 8.11. The van der Waals surface area contributed by atoms with E-state index in [1.54, 1.807) is 30.3 Å². The SMILES string of the molecule is Cc1ccc(C(=O)[C@@H](NC(=O)c2ccccc2Br)c2ccccc2)cc1. The molecule has 130 valence electrons. The number of benzene rings is 3. The van der Waals surface area contributed by atoms with Gasteiger partial charge in [-0.25, -0.2) is 0 Å². The van der Waals surface area contributed by atoms with Gasteiger partial charge in [-0.2, -0.15) is 0 Å². The van der Waals surface area contributed by atoms with E-state index in [1.165, 1.54) is 0 Å². The number of ketones is 1. The molecule has 3 nitrogen and oxygen atoms in total. The maximum atomic E-state index is 13.1. The predicted octanol–water partition coefficient (Wildman–Crippen LogP) is 5.11. The number of Topliss-reactive ketones (excluding diaryl/α,β-unsaturated/α-hetero) is 1. The van der Waals surface area contributed by atoms with Gasteiger partial charge in [-0.15, -0.1) is 0 Å². The third-order valence-corrected chi connectivity index (χ3v) is 4.82. The van der Waals surface area contributed by atoms with E-state index in [2.05, 4.69) is 21.2 Å². The third-order valence-electron chi connectivity index (χ3n) is 4.13. The van der Waals surface area contributed by atoms with E-state index in [4.69, 9.17) is 0 Å². The van der Waals surface area contributed by atoms with Crippen LogP contribution < -0.4 is 5.32 Å². The molecular formula is C22H18BrNO2. The second-order valence-corrected chi connectivity index (χ2v) is 6.88. The molecular weight excluding hydrogens is 390 g/mol. The second-order valence-electron chi connectivity index (χ2n) is 6.03. The summed E-state index contributed by atoms with van der Waals surface area (Å²) in [5.74, 6) is -0.441. The van der Waals surface area contributed by atoms with E-state index in [9.17, 15) is 9.59 Å². The molecule has 0 radical (unpaired) electrons. The summed E-state index contributed by atoms with van der Waals surface area (Å²) in [4.78, 5) is 25.8. The van der Waals surface area contributed by atoms with E-state index < -0.39 is 6.04 Å². The molecule has 1 atom stereocenters. The van der Waals surface area contributed by atoms with E-state index in [0.717, 1.165) is 11.1 Å². The maximum absolute atomic E-state index is 13.1. The van der Waals surface area contributed by atoms with Gasteiger partial charge in [0.05, 0.1) is 5.56 Å². The molecule has 3 rings (SSSR count). The van der Waals surface area contributed by atoms with Crippen LogP contribution in [-0.4, -0.2) is 11.7 Å². The van der Waals surface area contributed by atoms with Gasteiger partial charge in [-0.05, 0) is 40.5 Å². The number of carbonyl (C=O) groups is 2. The zero-order valence-electron chi connectivity index (χ0n) is 14.3.